The second kappa shape index (κ2) is 6.97. The van der Waals surface area contributed by atoms with Gasteiger partial charge in [0.1, 0.15) is 11.4 Å². The van der Waals surface area contributed by atoms with E-state index < -0.39 is 0 Å². The van der Waals surface area contributed by atoms with Crippen LogP contribution in [0.25, 0.3) is 22.3 Å². The van der Waals surface area contributed by atoms with Crippen molar-refractivity contribution in [1.82, 2.24) is 15.0 Å². The van der Waals surface area contributed by atoms with Gasteiger partial charge in [0.15, 0.2) is 5.13 Å². The molecule has 4 aromatic rings. The molecule has 1 amide bonds. The second-order valence-electron chi connectivity index (χ2n) is 5.70. The summed E-state index contributed by atoms with van der Waals surface area (Å²) in [4.78, 5) is 24.3. The van der Waals surface area contributed by atoms with Crippen LogP contribution in [0.1, 0.15) is 5.56 Å². The van der Waals surface area contributed by atoms with E-state index in [2.05, 4.69) is 20.3 Å². The maximum Gasteiger partial charge on any atom is 0.230 e. The molecule has 0 fully saturated rings. The minimum absolute atomic E-state index is 0.115. The Morgan fingerprint density at radius 1 is 1.27 bits per heavy atom. The van der Waals surface area contributed by atoms with Crippen molar-refractivity contribution in [1.29, 1.82) is 0 Å². The molecular weight excluding hydrogens is 348 g/mol. The molecule has 0 radical (unpaired) electrons. The monoisotopic (exact) mass is 364 g/mol. The minimum Gasteiger partial charge on any atom is -0.497 e. The van der Waals surface area contributed by atoms with E-state index in [4.69, 9.17) is 4.74 Å². The highest BCUT2D eigenvalue weighted by Crippen LogP contribution is 2.25. The molecule has 6 nitrogen and oxygen atoms in total. The molecule has 4 rings (SSSR count). The molecule has 3 aromatic heterocycles. The molecule has 0 atom stereocenters. The van der Waals surface area contributed by atoms with Gasteiger partial charge in [0, 0.05) is 28.7 Å². The van der Waals surface area contributed by atoms with Crippen molar-refractivity contribution in [2.75, 3.05) is 12.4 Å². The first-order chi connectivity index (χ1) is 12.7. The fourth-order valence-corrected chi connectivity index (χ4v) is 3.45. The number of H-pyrrole nitrogens is 1. The number of thiazole rings is 1. The standard InChI is InChI=1S/C19H16N4O2S/c1-25-13-5-6-15-14(9-13)12(10-21-15)8-18(24)23-19-22-17(11-26-19)16-4-2-3-7-20-16/h2-7,9-11,21H,8H2,1H3,(H,22,23,24). The van der Waals surface area contributed by atoms with Gasteiger partial charge in [-0.1, -0.05) is 6.07 Å². The summed E-state index contributed by atoms with van der Waals surface area (Å²) in [6, 6.07) is 11.4. The zero-order valence-corrected chi connectivity index (χ0v) is 14.8. The quantitative estimate of drug-likeness (QED) is 0.563. The molecule has 2 N–H and O–H groups in total. The number of methoxy groups -OCH3 is 1. The molecular formula is C19H16N4O2S. The van der Waals surface area contributed by atoms with Gasteiger partial charge < -0.3 is 15.0 Å². The number of carbonyl (C=O) groups excluding carboxylic acids is 1. The third kappa shape index (κ3) is 3.29. The Morgan fingerprint density at radius 2 is 2.19 bits per heavy atom. The van der Waals surface area contributed by atoms with E-state index in [9.17, 15) is 4.79 Å². The first-order valence-corrected chi connectivity index (χ1v) is 8.91. The summed E-state index contributed by atoms with van der Waals surface area (Å²) < 4.78 is 5.26. The van der Waals surface area contributed by atoms with Crippen LogP contribution in [0.5, 0.6) is 5.75 Å². The molecule has 0 aliphatic heterocycles. The first-order valence-electron chi connectivity index (χ1n) is 8.04. The number of fused-ring (bicyclic) bond motifs is 1. The van der Waals surface area contributed by atoms with Crippen molar-refractivity contribution in [3.63, 3.8) is 0 Å². The number of anilines is 1. The highest BCUT2D eigenvalue weighted by molar-refractivity contribution is 7.14. The van der Waals surface area contributed by atoms with E-state index in [0.29, 0.717) is 5.13 Å². The van der Waals surface area contributed by atoms with Crippen molar-refractivity contribution in [2.24, 2.45) is 0 Å². The van der Waals surface area contributed by atoms with Gasteiger partial charge in [-0.3, -0.25) is 9.78 Å². The molecule has 0 saturated heterocycles. The Bertz CT molecular complexity index is 1060. The number of aromatic amines is 1. The molecule has 0 spiro atoms. The molecule has 0 bridgehead atoms. The predicted molar refractivity (Wildman–Crippen MR) is 103 cm³/mol. The number of carbonyl (C=O) groups is 1. The van der Waals surface area contributed by atoms with Gasteiger partial charge in [-0.05, 0) is 35.9 Å². The van der Waals surface area contributed by atoms with Crippen LogP contribution in [0.2, 0.25) is 0 Å². The molecule has 7 heteroatoms. The summed E-state index contributed by atoms with van der Waals surface area (Å²) in [6.07, 6.45) is 3.83. The lowest BCUT2D eigenvalue weighted by Gasteiger charge is -2.03. The van der Waals surface area contributed by atoms with Crippen LogP contribution >= 0.6 is 11.3 Å². The number of rotatable bonds is 5. The maximum atomic E-state index is 12.4. The number of amides is 1. The average molecular weight is 364 g/mol. The summed E-state index contributed by atoms with van der Waals surface area (Å²) in [5, 5.41) is 6.29. The highest BCUT2D eigenvalue weighted by atomic mass is 32.1. The van der Waals surface area contributed by atoms with Crippen molar-refractivity contribution in [3.8, 4) is 17.1 Å². The second-order valence-corrected chi connectivity index (χ2v) is 6.56. The topological polar surface area (TPSA) is 79.9 Å². The number of hydrogen-bond acceptors (Lipinski definition) is 5. The molecule has 3 heterocycles. The number of pyridine rings is 1. The molecule has 130 valence electrons. The third-order valence-electron chi connectivity index (χ3n) is 4.00. The van der Waals surface area contributed by atoms with E-state index in [-0.39, 0.29) is 12.3 Å². The van der Waals surface area contributed by atoms with Crippen molar-refractivity contribution in [3.05, 3.63) is 59.7 Å². The van der Waals surface area contributed by atoms with Crippen LogP contribution in [0.3, 0.4) is 0 Å². The fraction of sp³-hybridized carbons (Fsp3) is 0.105. The lowest BCUT2D eigenvalue weighted by molar-refractivity contribution is -0.115. The number of ether oxygens (including phenoxy) is 1. The first kappa shape index (κ1) is 16.3. The van der Waals surface area contributed by atoms with E-state index >= 15 is 0 Å². The smallest absolute Gasteiger partial charge is 0.230 e. The van der Waals surface area contributed by atoms with Crippen LogP contribution < -0.4 is 10.1 Å². The van der Waals surface area contributed by atoms with Crippen LogP contribution in [0, 0.1) is 0 Å². The summed E-state index contributed by atoms with van der Waals surface area (Å²) in [5.41, 5.74) is 3.42. The number of benzene rings is 1. The van der Waals surface area contributed by atoms with Crippen molar-refractivity contribution >= 4 is 33.3 Å². The van der Waals surface area contributed by atoms with E-state index in [1.165, 1.54) is 11.3 Å². The van der Waals surface area contributed by atoms with E-state index in [0.717, 1.165) is 33.6 Å². The summed E-state index contributed by atoms with van der Waals surface area (Å²) in [5.74, 6) is 0.648. The van der Waals surface area contributed by atoms with Gasteiger partial charge in [-0.15, -0.1) is 11.3 Å². The predicted octanol–water partition coefficient (Wildman–Crippen LogP) is 3.88. The van der Waals surface area contributed by atoms with Crippen LogP contribution in [-0.2, 0) is 11.2 Å². The van der Waals surface area contributed by atoms with E-state index in [1.54, 1.807) is 13.3 Å². The molecule has 0 aliphatic carbocycles. The molecule has 0 aliphatic rings. The van der Waals surface area contributed by atoms with Gasteiger partial charge in [0.25, 0.3) is 0 Å². The Labute approximate surface area is 153 Å². The minimum atomic E-state index is -0.115. The summed E-state index contributed by atoms with van der Waals surface area (Å²) in [6.45, 7) is 0. The zero-order valence-electron chi connectivity index (χ0n) is 14.0. The number of aromatic nitrogens is 3. The van der Waals surface area contributed by atoms with Crippen LogP contribution in [-0.4, -0.2) is 28.0 Å². The largest absolute Gasteiger partial charge is 0.497 e. The normalized spacial score (nSPS) is 10.8. The molecule has 1 aromatic carbocycles. The summed E-state index contributed by atoms with van der Waals surface area (Å²) >= 11 is 1.38. The van der Waals surface area contributed by atoms with Crippen LogP contribution in [0.15, 0.2) is 54.2 Å². The van der Waals surface area contributed by atoms with Gasteiger partial charge in [-0.2, -0.15) is 0 Å². The lowest BCUT2D eigenvalue weighted by Crippen LogP contribution is -2.14. The molecule has 0 unspecified atom stereocenters. The van der Waals surface area contributed by atoms with Gasteiger partial charge >= 0.3 is 0 Å². The van der Waals surface area contributed by atoms with E-state index in [1.807, 2.05) is 48.0 Å². The lowest BCUT2D eigenvalue weighted by atomic mass is 10.1. The van der Waals surface area contributed by atoms with Crippen molar-refractivity contribution in [2.45, 2.75) is 6.42 Å². The zero-order chi connectivity index (χ0) is 17.9. The maximum absolute atomic E-state index is 12.4. The average Bonchev–Trinajstić information content (AvgIpc) is 3.29. The fourth-order valence-electron chi connectivity index (χ4n) is 2.73. The van der Waals surface area contributed by atoms with Gasteiger partial charge in [0.05, 0.1) is 19.2 Å². The SMILES string of the molecule is COc1ccc2[nH]cc(CC(=O)Nc3nc(-c4ccccn4)cs3)c2c1. The van der Waals surface area contributed by atoms with Gasteiger partial charge in [0.2, 0.25) is 5.91 Å². The Balaban J connectivity index is 1.49. The summed E-state index contributed by atoms with van der Waals surface area (Å²) in [7, 11) is 1.63. The molecule has 0 saturated carbocycles. The molecule has 26 heavy (non-hydrogen) atoms. The number of nitrogens with one attached hydrogen (secondary N) is 2. The van der Waals surface area contributed by atoms with Gasteiger partial charge in [-0.25, -0.2) is 4.98 Å². The van der Waals surface area contributed by atoms with Crippen molar-refractivity contribution < 1.29 is 9.53 Å². The number of hydrogen-bond donors (Lipinski definition) is 2. The third-order valence-corrected chi connectivity index (χ3v) is 4.76. The number of nitrogens with zero attached hydrogens (tertiary/aromatic N) is 2. The Kier molecular flexibility index (Phi) is 4.37. The Hall–Kier alpha value is -3.19. The highest BCUT2D eigenvalue weighted by Gasteiger charge is 2.12. The van der Waals surface area contributed by atoms with Crippen LogP contribution in [0.4, 0.5) is 5.13 Å². The Morgan fingerprint density at radius 3 is 3.00 bits per heavy atom.